The molecule has 27 heavy (non-hydrogen) atoms. The topological polar surface area (TPSA) is 48.4 Å². The van der Waals surface area contributed by atoms with Crippen molar-refractivity contribution in [3.8, 4) is 17.4 Å². The molecule has 3 rings (SSSR count). The minimum absolute atomic E-state index is 0.103. The Labute approximate surface area is 161 Å². The summed E-state index contributed by atoms with van der Waals surface area (Å²) in [6.45, 7) is 6.12. The molecule has 0 aliphatic heterocycles. The minimum Gasteiger partial charge on any atom is -0.475 e. The molecule has 1 aliphatic carbocycles. The Balaban J connectivity index is 1.46. The van der Waals surface area contributed by atoms with E-state index < -0.39 is 0 Å². The second-order valence-electron chi connectivity index (χ2n) is 7.83. The highest BCUT2D eigenvalue weighted by atomic mass is 16.5. The number of carbonyl (C=O) groups excluding carboxylic acids is 1. The summed E-state index contributed by atoms with van der Waals surface area (Å²) in [5.41, 5.74) is 1.27. The maximum absolute atomic E-state index is 11.9. The molecule has 4 nitrogen and oxygen atoms in total. The zero-order valence-corrected chi connectivity index (χ0v) is 16.5. The molecule has 1 aliphatic rings. The van der Waals surface area contributed by atoms with Gasteiger partial charge in [0.15, 0.2) is 0 Å². The van der Waals surface area contributed by atoms with Gasteiger partial charge >= 0.3 is 0 Å². The Bertz CT molecular complexity index is 733. The van der Waals surface area contributed by atoms with E-state index in [1.807, 2.05) is 38.1 Å². The third-order valence-electron chi connectivity index (χ3n) is 4.73. The van der Waals surface area contributed by atoms with Crippen molar-refractivity contribution in [1.82, 2.24) is 4.98 Å². The number of aryl methyl sites for hydroxylation is 1. The quantitative estimate of drug-likeness (QED) is 0.548. The van der Waals surface area contributed by atoms with Crippen LogP contribution in [0, 0.1) is 11.8 Å². The number of nitrogens with zero attached hydrogens (tertiary/aromatic N) is 1. The van der Waals surface area contributed by atoms with Crippen LogP contribution in [-0.4, -0.2) is 16.9 Å². The van der Waals surface area contributed by atoms with Gasteiger partial charge in [-0.3, -0.25) is 4.79 Å². The first-order valence-corrected chi connectivity index (χ1v) is 9.92. The molecule has 0 spiro atoms. The predicted octanol–water partition coefficient (Wildman–Crippen LogP) is 5.60. The summed E-state index contributed by atoms with van der Waals surface area (Å²) in [6.07, 6.45) is 6.75. The van der Waals surface area contributed by atoms with Crippen molar-refractivity contribution < 1.29 is 14.3 Å². The molecule has 1 heterocycles. The molecule has 1 fully saturated rings. The number of Topliss-reactive ketones (excluding diaryl/α,β-unsaturated/α-hetero) is 1. The van der Waals surface area contributed by atoms with Crippen LogP contribution in [-0.2, 0) is 11.2 Å². The summed E-state index contributed by atoms with van der Waals surface area (Å²) in [4.78, 5) is 16.1. The van der Waals surface area contributed by atoms with Gasteiger partial charge in [-0.15, -0.1) is 0 Å². The number of hydrogen-bond donors (Lipinski definition) is 0. The lowest BCUT2D eigenvalue weighted by Gasteiger charge is -2.11. The Morgan fingerprint density at radius 1 is 1.07 bits per heavy atom. The second kappa shape index (κ2) is 9.03. The number of hydrogen-bond acceptors (Lipinski definition) is 4. The first kappa shape index (κ1) is 19.4. The SMILES string of the molecule is CC(CCc1ccc(Oc2ccc(OC(C)C)nc2)cc1)CC(=O)C1CC1. The van der Waals surface area contributed by atoms with Crippen LogP contribution in [0.1, 0.15) is 52.0 Å². The number of aromatic nitrogens is 1. The number of benzene rings is 1. The zero-order chi connectivity index (χ0) is 19.2. The number of pyridine rings is 1. The molecule has 1 atom stereocenters. The fraction of sp³-hybridized carbons (Fsp3) is 0.478. The molecule has 1 aromatic heterocycles. The first-order chi connectivity index (χ1) is 13.0. The van der Waals surface area contributed by atoms with Gasteiger partial charge in [-0.2, -0.15) is 0 Å². The maximum Gasteiger partial charge on any atom is 0.213 e. The van der Waals surface area contributed by atoms with Crippen molar-refractivity contribution in [2.75, 3.05) is 0 Å². The average Bonchev–Trinajstić information content (AvgIpc) is 3.48. The lowest BCUT2D eigenvalue weighted by atomic mass is 9.95. The summed E-state index contributed by atoms with van der Waals surface area (Å²) in [6, 6.07) is 11.8. The molecule has 1 unspecified atom stereocenters. The van der Waals surface area contributed by atoms with Crippen LogP contribution < -0.4 is 9.47 Å². The van der Waals surface area contributed by atoms with Crippen LogP contribution in [0.3, 0.4) is 0 Å². The van der Waals surface area contributed by atoms with E-state index in [4.69, 9.17) is 9.47 Å². The van der Waals surface area contributed by atoms with Gasteiger partial charge in [0.05, 0.1) is 12.3 Å². The molecule has 144 valence electrons. The summed E-state index contributed by atoms with van der Waals surface area (Å²) in [5.74, 6) is 3.36. The third kappa shape index (κ3) is 6.38. The van der Waals surface area contributed by atoms with Gasteiger partial charge in [0, 0.05) is 18.4 Å². The van der Waals surface area contributed by atoms with Crippen LogP contribution in [0.4, 0.5) is 0 Å². The van der Waals surface area contributed by atoms with Crippen molar-refractivity contribution >= 4 is 5.78 Å². The van der Waals surface area contributed by atoms with Crippen molar-refractivity contribution in [2.24, 2.45) is 11.8 Å². The van der Waals surface area contributed by atoms with Crippen LogP contribution in [0.2, 0.25) is 0 Å². The van der Waals surface area contributed by atoms with E-state index in [9.17, 15) is 4.79 Å². The fourth-order valence-corrected chi connectivity index (χ4v) is 3.03. The molecular weight excluding hydrogens is 338 g/mol. The predicted molar refractivity (Wildman–Crippen MR) is 106 cm³/mol. The fourth-order valence-electron chi connectivity index (χ4n) is 3.03. The molecule has 4 heteroatoms. The van der Waals surface area contributed by atoms with Gasteiger partial charge in [-0.05, 0) is 69.2 Å². The van der Waals surface area contributed by atoms with Crippen LogP contribution >= 0.6 is 0 Å². The van der Waals surface area contributed by atoms with Crippen molar-refractivity contribution in [1.29, 1.82) is 0 Å². The molecule has 0 amide bonds. The normalized spacial score (nSPS) is 14.8. The molecule has 0 saturated heterocycles. The highest BCUT2D eigenvalue weighted by Crippen LogP contribution is 2.32. The Kier molecular flexibility index (Phi) is 6.49. The Morgan fingerprint density at radius 3 is 2.37 bits per heavy atom. The molecule has 0 bridgehead atoms. The highest BCUT2D eigenvalue weighted by molar-refractivity contribution is 5.83. The standard InChI is InChI=1S/C23H29NO3/c1-16(2)26-23-13-12-21(15-24-23)27-20-10-6-18(7-11-20)5-4-17(3)14-22(25)19-8-9-19/h6-7,10-13,15-17,19H,4-5,8-9,14H2,1-3H3. The number of ketones is 1. The van der Waals surface area contributed by atoms with E-state index in [0.29, 0.717) is 29.2 Å². The van der Waals surface area contributed by atoms with E-state index >= 15 is 0 Å². The summed E-state index contributed by atoms with van der Waals surface area (Å²) >= 11 is 0. The summed E-state index contributed by atoms with van der Waals surface area (Å²) in [5, 5.41) is 0. The lowest BCUT2D eigenvalue weighted by Crippen LogP contribution is -2.08. The Hall–Kier alpha value is -2.36. The molecule has 2 aromatic rings. The van der Waals surface area contributed by atoms with Gasteiger partial charge in [-0.25, -0.2) is 4.98 Å². The number of carbonyl (C=O) groups is 1. The molecule has 1 saturated carbocycles. The monoisotopic (exact) mass is 367 g/mol. The van der Waals surface area contributed by atoms with Crippen molar-refractivity contribution in [3.05, 3.63) is 48.2 Å². The second-order valence-corrected chi connectivity index (χ2v) is 7.83. The van der Waals surface area contributed by atoms with Gasteiger partial charge in [0.1, 0.15) is 17.3 Å². The molecular formula is C23H29NO3. The summed E-state index contributed by atoms with van der Waals surface area (Å²) < 4.78 is 11.4. The highest BCUT2D eigenvalue weighted by Gasteiger charge is 2.29. The van der Waals surface area contributed by atoms with E-state index in [1.165, 1.54) is 5.56 Å². The number of ether oxygens (including phenoxy) is 2. The van der Waals surface area contributed by atoms with Crippen molar-refractivity contribution in [3.63, 3.8) is 0 Å². The third-order valence-corrected chi connectivity index (χ3v) is 4.73. The Morgan fingerprint density at radius 2 is 1.78 bits per heavy atom. The van der Waals surface area contributed by atoms with Crippen LogP contribution in [0.15, 0.2) is 42.6 Å². The number of rotatable bonds is 10. The van der Waals surface area contributed by atoms with E-state index in [-0.39, 0.29) is 6.10 Å². The lowest BCUT2D eigenvalue weighted by molar-refractivity contribution is -0.121. The largest absolute Gasteiger partial charge is 0.475 e. The van der Waals surface area contributed by atoms with Gasteiger partial charge < -0.3 is 9.47 Å². The van der Waals surface area contributed by atoms with E-state index in [2.05, 4.69) is 24.0 Å². The van der Waals surface area contributed by atoms with Gasteiger partial charge in [0.2, 0.25) is 5.88 Å². The summed E-state index contributed by atoms with van der Waals surface area (Å²) in [7, 11) is 0. The van der Waals surface area contributed by atoms with Crippen molar-refractivity contribution in [2.45, 2.75) is 59.0 Å². The first-order valence-electron chi connectivity index (χ1n) is 9.92. The van der Waals surface area contributed by atoms with E-state index in [0.717, 1.165) is 37.9 Å². The molecule has 0 radical (unpaired) electrons. The molecule has 0 N–H and O–H groups in total. The minimum atomic E-state index is 0.103. The van der Waals surface area contributed by atoms with Gasteiger partial charge in [-0.1, -0.05) is 19.1 Å². The molecule has 1 aromatic carbocycles. The zero-order valence-electron chi connectivity index (χ0n) is 16.5. The van der Waals surface area contributed by atoms with Crippen LogP contribution in [0.5, 0.6) is 17.4 Å². The van der Waals surface area contributed by atoms with E-state index in [1.54, 1.807) is 6.20 Å². The van der Waals surface area contributed by atoms with Crippen LogP contribution in [0.25, 0.3) is 0 Å². The average molecular weight is 367 g/mol. The van der Waals surface area contributed by atoms with Gasteiger partial charge in [0.25, 0.3) is 0 Å². The smallest absolute Gasteiger partial charge is 0.213 e. The maximum atomic E-state index is 11.9.